The number of aliphatic hydroxyl groups is 1. The van der Waals surface area contributed by atoms with Crippen molar-refractivity contribution in [1.82, 2.24) is 19.0 Å². The number of thiophene rings is 1. The van der Waals surface area contributed by atoms with E-state index in [-0.39, 0.29) is 22.3 Å². The van der Waals surface area contributed by atoms with Crippen LogP contribution < -0.4 is 22.3 Å². The SMILES string of the molecule is CCC(O)CCC(C)n1c(=O)c2c(CN(C)Cc3ccccn3)c(-c3ccc(NC(N)=O)cc3)sc2n(Cc2c(F)cccc2F)c1=O. The molecular weight excluding hydrogens is 638 g/mol. The highest BCUT2D eigenvalue weighted by Gasteiger charge is 2.27. The summed E-state index contributed by atoms with van der Waals surface area (Å²) >= 11 is 1.18. The fourth-order valence-corrected chi connectivity index (χ4v) is 7.05. The zero-order valence-corrected chi connectivity index (χ0v) is 27.8. The van der Waals surface area contributed by atoms with Crippen LogP contribution in [0.15, 0.2) is 76.4 Å². The van der Waals surface area contributed by atoms with Crippen molar-refractivity contribution in [2.45, 2.75) is 64.9 Å². The summed E-state index contributed by atoms with van der Waals surface area (Å²) in [6, 6.07) is 14.7. The van der Waals surface area contributed by atoms with Gasteiger partial charge in [0.15, 0.2) is 0 Å². The maximum atomic E-state index is 15.0. The number of benzene rings is 2. The lowest BCUT2D eigenvalue weighted by molar-refractivity contribution is 0.151. The van der Waals surface area contributed by atoms with E-state index in [0.29, 0.717) is 47.5 Å². The number of nitrogens with one attached hydrogen (secondary N) is 1. The number of rotatable bonds is 13. The van der Waals surface area contributed by atoms with Crippen LogP contribution in [0, 0.1) is 11.6 Å². The molecular formula is C35H38F2N6O4S. The van der Waals surface area contributed by atoms with Crippen molar-refractivity contribution in [3.8, 4) is 10.4 Å². The van der Waals surface area contributed by atoms with Crippen LogP contribution in [0.5, 0.6) is 0 Å². The van der Waals surface area contributed by atoms with Crippen LogP contribution in [0.4, 0.5) is 19.3 Å². The lowest BCUT2D eigenvalue weighted by Gasteiger charge is -2.20. The van der Waals surface area contributed by atoms with Gasteiger partial charge in [-0.2, -0.15) is 0 Å². The van der Waals surface area contributed by atoms with Crippen LogP contribution in [0.2, 0.25) is 0 Å². The molecule has 0 spiro atoms. The fraction of sp³-hybridized carbons (Fsp3) is 0.314. The Morgan fingerprint density at radius 2 is 1.73 bits per heavy atom. The third kappa shape index (κ3) is 7.53. The van der Waals surface area contributed by atoms with E-state index in [1.165, 1.54) is 22.0 Å². The van der Waals surface area contributed by atoms with E-state index in [1.807, 2.05) is 37.1 Å². The zero-order valence-electron chi connectivity index (χ0n) is 27.0. The number of pyridine rings is 1. The van der Waals surface area contributed by atoms with Crippen molar-refractivity contribution in [2.75, 3.05) is 12.4 Å². The molecule has 3 heterocycles. The third-order valence-corrected chi connectivity index (χ3v) is 9.62. The molecule has 0 aliphatic heterocycles. The molecule has 0 aliphatic rings. The maximum absolute atomic E-state index is 15.0. The second-order valence-corrected chi connectivity index (χ2v) is 12.9. The number of aliphatic hydroxyl groups excluding tert-OH is 1. The molecule has 3 aromatic heterocycles. The molecule has 5 rings (SSSR count). The van der Waals surface area contributed by atoms with Crippen LogP contribution in [0.3, 0.4) is 0 Å². The molecule has 0 fully saturated rings. The predicted molar refractivity (Wildman–Crippen MR) is 184 cm³/mol. The molecule has 2 unspecified atom stereocenters. The maximum Gasteiger partial charge on any atom is 0.332 e. The molecule has 0 bridgehead atoms. The molecule has 2 aromatic carbocycles. The van der Waals surface area contributed by atoms with Gasteiger partial charge in [-0.25, -0.2) is 18.4 Å². The average Bonchev–Trinajstić information content (AvgIpc) is 3.42. The van der Waals surface area contributed by atoms with Gasteiger partial charge in [0.25, 0.3) is 5.56 Å². The Hall–Kier alpha value is -4.72. The summed E-state index contributed by atoms with van der Waals surface area (Å²) < 4.78 is 32.4. The van der Waals surface area contributed by atoms with Gasteiger partial charge in [-0.1, -0.05) is 31.2 Å². The Bertz CT molecular complexity index is 2010. The molecule has 48 heavy (non-hydrogen) atoms. The molecule has 13 heteroatoms. The highest BCUT2D eigenvalue weighted by atomic mass is 32.1. The summed E-state index contributed by atoms with van der Waals surface area (Å²) in [6.45, 7) is 3.87. The largest absolute Gasteiger partial charge is 0.393 e. The van der Waals surface area contributed by atoms with Crippen molar-refractivity contribution in [3.63, 3.8) is 0 Å². The van der Waals surface area contributed by atoms with Crippen molar-refractivity contribution in [1.29, 1.82) is 0 Å². The number of halogens is 2. The fourth-order valence-electron chi connectivity index (χ4n) is 5.75. The van der Waals surface area contributed by atoms with E-state index < -0.39 is 47.6 Å². The number of nitrogens with two attached hydrogens (primary N) is 1. The molecule has 10 nitrogen and oxygen atoms in total. The molecule has 2 atom stereocenters. The van der Waals surface area contributed by atoms with E-state index in [4.69, 9.17) is 5.73 Å². The topological polar surface area (TPSA) is 135 Å². The van der Waals surface area contributed by atoms with Crippen molar-refractivity contribution < 1.29 is 18.7 Å². The number of carbonyl (C=O) groups excluding carboxylic acids is 1. The number of fused-ring (bicyclic) bond motifs is 1. The van der Waals surface area contributed by atoms with E-state index in [1.54, 1.807) is 37.4 Å². The summed E-state index contributed by atoms with van der Waals surface area (Å²) in [4.78, 5) is 47.5. The summed E-state index contributed by atoms with van der Waals surface area (Å²) in [5.74, 6) is -1.62. The average molecular weight is 677 g/mol. The number of aromatic nitrogens is 3. The third-order valence-electron chi connectivity index (χ3n) is 8.31. The van der Waals surface area contributed by atoms with Gasteiger partial charge in [-0.3, -0.25) is 23.8 Å². The molecule has 0 aliphatic carbocycles. The Kier molecular flexibility index (Phi) is 10.8. The lowest BCUT2D eigenvalue weighted by Crippen LogP contribution is -2.42. The molecule has 2 amide bonds. The molecule has 5 aromatic rings. The molecule has 252 valence electrons. The van der Waals surface area contributed by atoms with E-state index >= 15 is 8.78 Å². The Labute approximate surface area is 280 Å². The standard InChI is InChI=1S/C35H38F2N6O4S/c1-4-25(44)16-11-21(2)43-32(45)30-27(19-41(3)18-24-8-5-6-17-39-24)31(22-12-14-23(15-13-22)40-34(38)46)48-33(30)42(35(43)47)20-26-28(36)9-7-10-29(26)37/h5-10,12-15,17,21,25,44H,4,11,16,18-20H2,1-3H3,(H3,38,40,46). The number of amides is 2. The summed E-state index contributed by atoms with van der Waals surface area (Å²) in [5, 5.41) is 13.0. The molecule has 4 N–H and O–H groups in total. The summed E-state index contributed by atoms with van der Waals surface area (Å²) in [6.07, 6.45) is 2.32. The quantitative estimate of drug-likeness (QED) is 0.143. The van der Waals surface area contributed by atoms with Crippen molar-refractivity contribution in [2.24, 2.45) is 5.73 Å². The predicted octanol–water partition coefficient (Wildman–Crippen LogP) is 5.85. The Balaban J connectivity index is 1.76. The monoisotopic (exact) mass is 676 g/mol. The van der Waals surface area contributed by atoms with Crippen LogP contribution in [-0.4, -0.2) is 43.3 Å². The van der Waals surface area contributed by atoms with Crippen molar-refractivity contribution in [3.05, 3.63) is 116 Å². The van der Waals surface area contributed by atoms with Gasteiger partial charge in [0.05, 0.1) is 23.7 Å². The van der Waals surface area contributed by atoms with Crippen LogP contribution in [0.1, 0.15) is 56.0 Å². The Morgan fingerprint density at radius 1 is 1.02 bits per heavy atom. The number of nitrogens with zero attached hydrogens (tertiary/aromatic N) is 4. The highest BCUT2D eigenvalue weighted by Crippen LogP contribution is 2.39. The van der Waals surface area contributed by atoms with E-state index in [2.05, 4.69) is 10.3 Å². The number of urea groups is 1. The minimum atomic E-state index is -0.809. The van der Waals surface area contributed by atoms with Crippen LogP contribution >= 0.6 is 11.3 Å². The van der Waals surface area contributed by atoms with Gasteiger partial charge in [0.1, 0.15) is 16.5 Å². The van der Waals surface area contributed by atoms with E-state index in [9.17, 15) is 19.5 Å². The second kappa shape index (κ2) is 15.0. The molecule has 0 saturated carbocycles. The highest BCUT2D eigenvalue weighted by molar-refractivity contribution is 7.22. The van der Waals surface area contributed by atoms with Crippen LogP contribution in [0.25, 0.3) is 20.7 Å². The first-order chi connectivity index (χ1) is 23.0. The van der Waals surface area contributed by atoms with Gasteiger partial charge in [-0.15, -0.1) is 11.3 Å². The summed E-state index contributed by atoms with van der Waals surface area (Å²) in [7, 11) is 1.89. The first-order valence-electron chi connectivity index (χ1n) is 15.6. The number of primary amides is 1. The van der Waals surface area contributed by atoms with Gasteiger partial charge < -0.3 is 16.2 Å². The van der Waals surface area contributed by atoms with Gasteiger partial charge in [-0.05, 0) is 80.8 Å². The van der Waals surface area contributed by atoms with Crippen LogP contribution in [-0.2, 0) is 19.6 Å². The minimum absolute atomic E-state index is 0.265. The first-order valence-corrected chi connectivity index (χ1v) is 16.5. The molecule has 0 radical (unpaired) electrons. The summed E-state index contributed by atoms with van der Waals surface area (Å²) in [5.41, 5.74) is 6.39. The van der Waals surface area contributed by atoms with Gasteiger partial charge in [0.2, 0.25) is 0 Å². The number of carbonyl (C=O) groups is 1. The first kappa shape index (κ1) is 34.6. The minimum Gasteiger partial charge on any atom is -0.393 e. The van der Waals surface area contributed by atoms with Gasteiger partial charge in [0, 0.05) is 41.5 Å². The van der Waals surface area contributed by atoms with Crippen molar-refractivity contribution >= 4 is 33.3 Å². The lowest BCUT2D eigenvalue weighted by atomic mass is 10.0. The number of anilines is 1. The normalized spacial score (nSPS) is 12.8. The Morgan fingerprint density at radius 3 is 2.35 bits per heavy atom. The zero-order chi connectivity index (χ0) is 34.5. The molecule has 0 saturated heterocycles. The van der Waals surface area contributed by atoms with E-state index in [0.717, 1.165) is 22.4 Å². The number of hydrogen-bond acceptors (Lipinski definition) is 7. The van der Waals surface area contributed by atoms with Gasteiger partial charge >= 0.3 is 11.7 Å². The number of hydrogen-bond donors (Lipinski definition) is 3. The second-order valence-electron chi connectivity index (χ2n) is 11.9. The smallest absolute Gasteiger partial charge is 0.332 e.